The highest BCUT2D eigenvalue weighted by Crippen LogP contribution is 2.40. The number of carbonyl (C=O) groups is 2. The number of esters is 1. The Labute approximate surface area is 183 Å². The Bertz CT molecular complexity index is 838. The summed E-state index contributed by atoms with van der Waals surface area (Å²) in [4.78, 5) is 24.9. The lowest BCUT2D eigenvalue weighted by molar-refractivity contribution is -0.143. The second-order valence-electron chi connectivity index (χ2n) is 7.79. The van der Waals surface area contributed by atoms with Gasteiger partial charge in [0, 0.05) is 10.4 Å². The molecule has 2 aromatic rings. The number of ether oxygens (including phenoxy) is 2. The topological polar surface area (TPSA) is 64.6 Å². The number of alkyl carbamates (subject to hydrolysis) is 1. The maximum atomic E-state index is 12.8. The van der Waals surface area contributed by atoms with Crippen LogP contribution in [0.4, 0.5) is 4.79 Å². The van der Waals surface area contributed by atoms with Crippen molar-refractivity contribution in [2.24, 2.45) is 0 Å². The average Bonchev–Trinajstić information content (AvgIpc) is 2.74. The molecule has 0 radical (unpaired) electrons. The maximum absolute atomic E-state index is 12.8. The molecule has 0 aromatic heterocycles. The summed E-state index contributed by atoms with van der Waals surface area (Å²) in [5.41, 5.74) is 1.21. The van der Waals surface area contributed by atoms with Crippen LogP contribution in [0.25, 0.3) is 0 Å². The molecule has 0 saturated carbocycles. The molecule has 0 aliphatic rings. The number of unbranched alkanes of at least 4 members (excludes halogenated alkanes) is 1. The Hall–Kier alpha value is -2.53. The van der Waals surface area contributed by atoms with Gasteiger partial charge in [0.1, 0.15) is 12.1 Å². The van der Waals surface area contributed by atoms with Crippen molar-refractivity contribution in [3.63, 3.8) is 0 Å². The predicted octanol–water partition coefficient (Wildman–Crippen LogP) is 5.82. The molecular formula is C24H30ClNO4. The molecule has 2 rings (SSSR count). The van der Waals surface area contributed by atoms with Crippen molar-refractivity contribution in [1.29, 1.82) is 0 Å². The van der Waals surface area contributed by atoms with E-state index in [1.165, 1.54) is 7.11 Å². The largest absolute Gasteiger partial charge is 0.467 e. The van der Waals surface area contributed by atoms with Crippen LogP contribution in [-0.2, 0) is 19.7 Å². The van der Waals surface area contributed by atoms with E-state index in [4.69, 9.17) is 21.1 Å². The first-order valence-corrected chi connectivity index (χ1v) is 10.5. The van der Waals surface area contributed by atoms with Crippen molar-refractivity contribution in [2.45, 2.75) is 57.6 Å². The third-order valence-electron chi connectivity index (χ3n) is 5.18. The number of halogens is 1. The van der Waals surface area contributed by atoms with E-state index < -0.39 is 29.6 Å². The lowest BCUT2D eigenvalue weighted by Crippen LogP contribution is -2.43. The third kappa shape index (κ3) is 6.23. The molecule has 2 aromatic carbocycles. The zero-order valence-electron chi connectivity index (χ0n) is 18.0. The van der Waals surface area contributed by atoms with Crippen molar-refractivity contribution in [1.82, 2.24) is 5.32 Å². The molecule has 0 spiro atoms. The Balaban J connectivity index is 2.30. The molecular weight excluding hydrogens is 402 g/mol. The molecule has 5 nitrogen and oxygen atoms in total. The molecule has 0 fully saturated rings. The fourth-order valence-corrected chi connectivity index (χ4v) is 3.57. The second kappa shape index (κ2) is 11.0. The number of hydrogen-bond acceptors (Lipinski definition) is 4. The van der Waals surface area contributed by atoms with Crippen LogP contribution in [0.15, 0.2) is 54.6 Å². The minimum absolute atomic E-state index is 0.481. The van der Waals surface area contributed by atoms with Crippen LogP contribution in [0.2, 0.25) is 5.02 Å². The van der Waals surface area contributed by atoms with Gasteiger partial charge >= 0.3 is 12.1 Å². The van der Waals surface area contributed by atoms with Gasteiger partial charge in [-0.05, 0) is 29.7 Å². The van der Waals surface area contributed by atoms with E-state index in [0.29, 0.717) is 11.4 Å². The van der Waals surface area contributed by atoms with Gasteiger partial charge in [0.2, 0.25) is 0 Å². The van der Waals surface area contributed by atoms with Gasteiger partial charge in [0.15, 0.2) is 0 Å². The predicted molar refractivity (Wildman–Crippen MR) is 119 cm³/mol. The molecule has 0 saturated heterocycles. The summed E-state index contributed by atoms with van der Waals surface area (Å²) in [6.07, 6.45) is 0.924. The Morgan fingerprint density at radius 3 is 2.40 bits per heavy atom. The summed E-state index contributed by atoms with van der Waals surface area (Å²) in [5.74, 6) is -0.481. The van der Waals surface area contributed by atoms with Gasteiger partial charge in [-0.1, -0.05) is 87.7 Å². The van der Waals surface area contributed by atoms with E-state index in [2.05, 4.69) is 5.32 Å². The Morgan fingerprint density at radius 1 is 1.10 bits per heavy atom. The van der Waals surface area contributed by atoms with Crippen LogP contribution < -0.4 is 5.32 Å². The highest BCUT2D eigenvalue weighted by Gasteiger charge is 2.36. The summed E-state index contributed by atoms with van der Waals surface area (Å²) in [6, 6.07) is 16.3. The van der Waals surface area contributed by atoms with Crippen molar-refractivity contribution < 1.29 is 19.1 Å². The zero-order valence-corrected chi connectivity index (χ0v) is 18.7. The van der Waals surface area contributed by atoms with Crippen molar-refractivity contribution in [2.75, 3.05) is 7.11 Å². The molecule has 1 N–H and O–H groups in total. The van der Waals surface area contributed by atoms with E-state index in [0.717, 1.165) is 24.0 Å². The zero-order chi connectivity index (χ0) is 22.1. The van der Waals surface area contributed by atoms with Gasteiger partial charge in [-0.2, -0.15) is 0 Å². The van der Waals surface area contributed by atoms with Gasteiger partial charge in [-0.15, -0.1) is 0 Å². The molecule has 0 heterocycles. The number of amides is 1. The Kier molecular flexibility index (Phi) is 8.72. The quantitative estimate of drug-likeness (QED) is 0.508. The fraction of sp³-hybridized carbons (Fsp3) is 0.417. The van der Waals surface area contributed by atoms with E-state index in [-0.39, 0.29) is 0 Å². The van der Waals surface area contributed by atoms with Crippen LogP contribution in [-0.4, -0.2) is 25.2 Å². The standard InChI is InChI=1S/C24H30ClNO4/c1-5-6-15-20(22(27)29-4)26-23(28)30-21(17-11-8-7-9-12-17)24(2,3)18-13-10-14-19(25)16-18/h7-14,16,20-21H,5-6,15H2,1-4H3,(H,26,28)/t20-,21-/m0/s1. The first-order chi connectivity index (χ1) is 14.3. The van der Waals surface area contributed by atoms with Gasteiger partial charge in [0.05, 0.1) is 7.11 Å². The van der Waals surface area contributed by atoms with Gasteiger partial charge in [0.25, 0.3) is 0 Å². The number of nitrogens with one attached hydrogen (secondary N) is 1. The number of benzene rings is 2. The van der Waals surface area contributed by atoms with Crippen molar-refractivity contribution >= 4 is 23.7 Å². The number of rotatable bonds is 9. The summed E-state index contributed by atoms with van der Waals surface area (Å²) in [5, 5.41) is 3.29. The van der Waals surface area contributed by atoms with E-state index >= 15 is 0 Å². The van der Waals surface area contributed by atoms with E-state index in [1.54, 1.807) is 6.07 Å². The number of carbonyl (C=O) groups excluding carboxylic acids is 2. The lowest BCUT2D eigenvalue weighted by atomic mass is 9.76. The van der Waals surface area contributed by atoms with Gasteiger partial charge in [-0.25, -0.2) is 9.59 Å². The van der Waals surface area contributed by atoms with Crippen LogP contribution >= 0.6 is 11.6 Å². The lowest BCUT2D eigenvalue weighted by Gasteiger charge is -2.35. The van der Waals surface area contributed by atoms with Crippen LogP contribution in [0, 0.1) is 0 Å². The third-order valence-corrected chi connectivity index (χ3v) is 5.41. The smallest absolute Gasteiger partial charge is 0.408 e. The minimum atomic E-state index is -0.742. The molecule has 0 aliphatic carbocycles. The van der Waals surface area contributed by atoms with Crippen molar-refractivity contribution in [3.8, 4) is 0 Å². The SMILES string of the molecule is CCCC[C@H](NC(=O)O[C@@H](c1ccccc1)C(C)(C)c1cccc(Cl)c1)C(=O)OC. The first-order valence-electron chi connectivity index (χ1n) is 10.2. The van der Waals surface area contributed by atoms with Crippen LogP contribution in [0.1, 0.15) is 57.3 Å². The summed E-state index contributed by atoms with van der Waals surface area (Å²) >= 11 is 6.20. The molecule has 0 unspecified atom stereocenters. The normalized spacial score (nSPS) is 13.2. The highest BCUT2D eigenvalue weighted by molar-refractivity contribution is 6.30. The van der Waals surface area contributed by atoms with Crippen LogP contribution in [0.3, 0.4) is 0 Å². The Morgan fingerprint density at radius 2 is 1.80 bits per heavy atom. The summed E-state index contributed by atoms with van der Waals surface area (Å²) in [6.45, 7) is 6.02. The molecule has 1 amide bonds. The van der Waals surface area contributed by atoms with Gasteiger partial charge in [-0.3, -0.25) is 0 Å². The molecule has 2 atom stereocenters. The average molecular weight is 432 g/mol. The van der Waals surface area contributed by atoms with Gasteiger partial charge < -0.3 is 14.8 Å². The molecule has 162 valence electrons. The minimum Gasteiger partial charge on any atom is -0.467 e. The monoisotopic (exact) mass is 431 g/mol. The summed E-state index contributed by atoms with van der Waals surface area (Å²) < 4.78 is 10.7. The second-order valence-corrected chi connectivity index (χ2v) is 8.23. The number of methoxy groups -OCH3 is 1. The fourth-order valence-electron chi connectivity index (χ4n) is 3.38. The molecule has 6 heteroatoms. The number of hydrogen-bond donors (Lipinski definition) is 1. The highest BCUT2D eigenvalue weighted by atomic mass is 35.5. The molecule has 30 heavy (non-hydrogen) atoms. The molecule has 0 bridgehead atoms. The summed E-state index contributed by atoms with van der Waals surface area (Å²) in [7, 11) is 1.31. The van der Waals surface area contributed by atoms with Crippen LogP contribution in [0.5, 0.6) is 0 Å². The van der Waals surface area contributed by atoms with Crippen molar-refractivity contribution in [3.05, 3.63) is 70.7 Å². The molecule has 0 aliphatic heterocycles. The maximum Gasteiger partial charge on any atom is 0.408 e. The van der Waals surface area contributed by atoms with E-state index in [9.17, 15) is 9.59 Å². The van der Waals surface area contributed by atoms with E-state index in [1.807, 2.05) is 69.3 Å². The first kappa shape index (κ1) is 23.7.